The molecule has 7 heteroatoms. The van der Waals surface area contributed by atoms with Gasteiger partial charge in [-0.3, -0.25) is 9.98 Å². The van der Waals surface area contributed by atoms with Crippen LogP contribution < -0.4 is 5.73 Å². The van der Waals surface area contributed by atoms with Crippen molar-refractivity contribution in [2.45, 2.75) is 23.6 Å². The third-order valence-corrected chi connectivity index (χ3v) is 6.70. The molecule has 0 aliphatic carbocycles. The zero-order valence-corrected chi connectivity index (χ0v) is 14.8. The molecule has 2 aromatic rings. The lowest BCUT2D eigenvalue weighted by molar-refractivity contribution is -0.0207. The van der Waals surface area contributed by atoms with E-state index in [1.54, 1.807) is 35.5 Å². The van der Waals surface area contributed by atoms with Gasteiger partial charge in [0.15, 0.2) is 5.17 Å². The molecule has 122 valence electrons. The average molecular weight is 356 g/mol. The van der Waals surface area contributed by atoms with Gasteiger partial charge < -0.3 is 10.5 Å². The van der Waals surface area contributed by atoms with Gasteiger partial charge >= 0.3 is 0 Å². The van der Waals surface area contributed by atoms with Gasteiger partial charge in [-0.2, -0.15) is 5.26 Å². The minimum absolute atomic E-state index is 0.0625. The van der Waals surface area contributed by atoms with Gasteiger partial charge in [-0.15, -0.1) is 11.3 Å². The molecule has 4 heterocycles. The van der Waals surface area contributed by atoms with Crippen LogP contribution >= 0.6 is 23.1 Å². The molecule has 2 aliphatic heterocycles. The van der Waals surface area contributed by atoms with Crippen LogP contribution in [0.5, 0.6) is 0 Å². The molecule has 24 heavy (non-hydrogen) atoms. The Morgan fingerprint density at radius 1 is 1.29 bits per heavy atom. The smallest absolute Gasteiger partial charge is 0.155 e. The fourth-order valence-electron chi connectivity index (χ4n) is 3.25. The summed E-state index contributed by atoms with van der Waals surface area (Å²) in [5, 5.41) is 11.8. The number of ether oxygens (including phenoxy) is 1. The maximum Gasteiger partial charge on any atom is 0.155 e. The van der Waals surface area contributed by atoms with E-state index in [0.29, 0.717) is 10.7 Å². The molecular weight excluding hydrogens is 340 g/mol. The number of nitriles is 1. The van der Waals surface area contributed by atoms with Crippen LogP contribution in [0.2, 0.25) is 0 Å². The van der Waals surface area contributed by atoms with Gasteiger partial charge in [0.1, 0.15) is 6.07 Å². The van der Waals surface area contributed by atoms with Crippen LogP contribution in [0.3, 0.4) is 0 Å². The van der Waals surface area contributed by atoms with E-state index in [9.17, 15) is 0 Å². The Morgan fingerprint density at radius 3 is 2.83 bits per heavy atom. The van der Waals surface area contributed by atoms with Crippen molar-refractivity contribution in [2.75, 3.05) is 13.2 Å². The summed E-state index contributed by atoms with van der Waals surface area (Å²) in [6, 6.07) is 6.13. The Bertz CT molecular complexity index is 865. The summed E-state index contributed by atoms with van der Waals surface area (Å²) in [6.45, 7) is 3.60. The molecule has 1 unspecified atom stereocenters. The zero-order chi connectivity index (χ0) is 16.8. The molecule has 0 amide bonds. The van der Waals surface area contributed by atoms with E-state index in [1.807, 2.05) is 6.07 Å². The normalized spacial score (nSPS) is 24.9. The number of thioether (sulfide) groups is 1. The SMILES string of the molecule is CC1(c2cc(-c3cncc(C#N)c3)cs2)CC2(COC2)SC(N)=N1. The molecule has 1 atom stereocenters. The third-order valence-electron chi connectivity index (χ3n) is 4.41. The summed E-state index contributed by atoms with van der Waals surface area (Å²) < 4.78 is 5.49. The summed E-state index contributed by atoms with van der Waals surface area (Å²) in [4.78, 5) is 10.1. The van der Waals surface area contributed by atoms with Crippen molar-refractivity contribution in [2.24, 2.45) is 10.7 Å². The Hall–Kier alpha value is -1.88. The van der Waals surface area contributed by atoms with Crippen molar-refractivity contribution in [3.8, 4) is 17.2 Å². The van der Waals surface area contributed by atoms with Crippen molar-refractivity contribution in [1.82, 2.24) is 4.98 Å². The number of nitrogens with two attached hydrogens (primary N) is 1. The molecule has 1 spiro atoms. The maximum absolute atomic E-state index is 9.05. The first-order valence-electron chi connectivity index (χ1n) is 7.59. The molecule has 5 nitrogen and oxygen atoms in total. The van der Waals surface area contributed by atoms with Crippen molar-refractivity contribution in [1.29, 1.82) is 5.26 Å². The molecule has 0 aromatic carbocycles. The third kappa shape index (κ3) is 2.61. The molecule has 4 rings (SSSR count). The molecule has 2 aromatic heterocycles. The second kappa shape index (κ2) is 5.59. The second-order valence-corrected chi connectivity index (χ2v) is 8.85. The van der Waals surface area contributed by atoms with Gasteiger partial charge in [0.2, 0.25) is 0 Å². The molecule has 1 saturated heterocycles. The Balaban J connectivity index is 1.69. The molecule has 1 fully saturated rings. The number of hydrogen-bond donors (Lipinski definition) is 1. The summed E-state index contributed by atoms with van der Waals surface area (Å²) in [5.74, 6) is 0. The summed E-state index contributed by atoms with van der Waals surface area (Å²) in [7, 11) is 0. The second-order valence-electron chi connectivity index (χ2n) is 6.45. The first-order chi connectivity index (χ1) is 11.5. The highest BCUT2D eigenvalue weighted by Gasteiger charge is 2.50. The van der Waals surface area contributed by atoms with E-state index in [2.05, 4.69) is 29.4 Å². The largest absolute Gasteiger partial charge is 0.378 e. The summed E-state index contributed by atoms with van der Waals surface area (Å²) in [5.41, 5.74) is 8.35. The minimum atomic E-state index is -0.331. The molecule has 2 N–H and O–H groups in total. The maximum atomic E-state index is 9.05. The lowest BCUT2D eigenvalue weighted by atomic mass is 9.85. The van der Waals surface area contributed by atoms with Gasteiger partial charge in [-0.05, 0) is 36.4 Å². The van der Waals surface area contributed by atoms with E-state index in [4.69, 9.17) is 20.7 Å². The van der Waals surface area contributed by atoms with Crippen LogP contribution in [0.15, 0.2) is 34.9 Å². The predicted octanol–water partition coefficient (Wildman–Crippen LogP) is 3.12. The summed E-state index contributed by atoms with van der Waals surface area (Å²) >= 11 is 3.32. The minimum Gasteiger partial charge on any atom is -0.378 e. The van der Waals surface area contributed by atoms with E-state index in [1.165, 1.54) is 4.88 Å². The fraction of sp³-hybridized carbons (Fsp3) is 0.353. The van der Waals surface area contributed by atoms with Gasteiger partial charge in [0, 0.05) is 22.8 Å². The fourth-order valence-corrected chi connectivity index (χ4v) is 5.61. The lowest BCUT2D eigenvalue weighted by Gasteiger charge is -2.47. The van der Waals surface area contributed by atoms with Crippen molar-refractivity contribution in [3.63, 3.8) is 0 Å². The first-order valence-corrected chi connectivity index (χ1v) is 9.28. The van der Waals surface area contributed by atoms with Gasteiger partial charge in [-0.1, -0.05) is 11.8 Å². The van der Waals surface area contributed by atoms with Crippen LogP contribution in [0.4, 0.5) is 0 Å². The van der Waals surface area contributed by atoms with Crippen LogP contribution in [0.1, 0.15) is 23.8 Å². The van der Waals surface area contributed by atoms with Crippen LogP contribution in [-0.4, -0.2) is 28.1 Å². The summed E-state index contributed by atoms with van der Waals surface area (Å²) in [6.07, 6.45) is 4.27. The predicted molar refractivity (Wildman–Crippen MR) is 97.0 cm³/mol. The Morgan fingerprint density at radius 2 is 2.12 bits per heavy atom. The highest BCUT2D eigenvalue weighted by molar-refractivity contribution is 8.15. The average Bonchev–Trinajstić information content (AvgIpc) is 3.03. The Labute approximate surface area is 148 Å². The number of rotatable bonds is 2. The number of thiophene rings is 1. The van der Waals surface area contributed by atoms with Crippen molar-refractivity contribution in [3.05, 3.63) is 40.3 Å². The quantitative estimate of drug-likeness (QED) is 0.894. The van der Waals surface area contributed by atoms with E-state index in [-0.39, 0.29) is 10.3 Å². The molecular formula is C17H16N4OS2. The van der Waals surface area contributed by atoms with Crippen LogP contribution in [0, 0.1) is 11.3 Å². The van der Waals surface area contributed by atoms with Gasteiger partial charge in [0.05, 0.1) is 29.1 Å². The van der Waals surface area contributed by atoms with E-state index >= 15 is 0 Å². The number of amidine groups is 1. The topological polar surface area (TPSA) is 84.3 Å². The van der Waals surface area contributed by atoms with Gasteiger partial charge in [-0.25, -0.2) is 0 Å². The molecule has 0 saturated carbocycles. The monoisotopic (exact) mass is 356 g/mol. The highest BCUT2D eigenvalue weighted by Crippen LogP contribution is 2.50. The Kier molecular flexibility index (Phi) is 3.64. The van der Waals surface area contributed by atoms with Crippen LogP contribution in [0.25, 0.3) is 11.1 Å². The van der Waals surface area contributed by atoms with Crippen molar-refractivity contribution < 1.29 is 4.74 Å². The molecule has 0 bridgehead atoms. The first kappa shape index (κ1) is 15.6. The molecule has 2 aliphatic rings. The number of nitrogens with zero attached hydrogens (tertiary/aromatic N) is 3. The van der Waals surface area contributed by atoms with Gasteiger partial charge in [0.25, 0.3) is 0 Å². The van der Waals surface area contributed by atoms with E-state index < -0.39 is 0 Å². The van der Waals surface area contributed by atoms with Crippen LogP contribution in [-0.2, 0) is 10.3 Å². The van der Waals surface area contributed by atoms with Crippen molar-refractivity contribution >= 4 is 28.3 Å². The zero-order valence-electron chi connectivity index (χ0n) is 13.2. The highest BCUT2D eigenvalue weighted by atomic mass is 32.2. The number of aromatic nitrogens is 1. The molecule has 0 radical (unpaired) electrons. The van der Waals surface area contributed by atoms with E-state index in [0.717, 1.165) is 30.8 Å². The lowest BCUT2D eigenvalue weighted by Crippen LogP contribution is -2.54. The number of aliphatic imine (C=N–C) groups is 1. The standard InChI is InChI=1S/C17H16N4OS2/c1-16(8-17(9-22-10-17)24-15(19)21-16)14-3-13(7-23-14)12-2-11(4-18)5-20-6-12/h2-3,5-7H,8-10H2,1H3,(H2,19,21). The number of hydrogen-bond acceptors (Lipinski definition) is 7. The number of pyridine rings is 1.